The van der Waals surface area contributed by atoms with Crippen LogP contribution in [0.5, 0.6) is 0 Å². The van der Waals surface area contributed by atoms with Crippen molar-refractivity contribution in [1.82, 2.24) is 15.0 Å². The van der Waals surface area contributed by atoms with Crippen LogP contribution in [0.2, 0.25) is 0 Å². The van der Waals surface area contributed by atoms with Gasteiger partial charge >= 0.3 is 0 Å². The van der Waals surface area contributed by atoms with Crippen LogP contribution in [0.15, 0.2) is 16.7 Å². The number of amides is 1. The summed E-state index contributed by atoms with van der Waals surface area (Å²) in [6, 6.07) is 1.76. The third kappa shape index (κ3) is 3.60. The van der Waals surface area contributed by atoms with Gasteiger partial charge in [0.15, 0.2) is 17.5 Å². The minimum Gasteiger partial charge on any atom is -0.361 e. The molecule has 0 N–H and O–H groups in total. The molecule has 1 aliphatic heterocycles. The van der Waals surface area contributed by atoms with Crippen LogP contribution in [0.1, 0.15) is 33.8 Å². The Kier molecular flexibility index (Phi) is 5.31. The van der Waals surface area contributed by atoms with Gasteiger partial charge in [0.05, 0.1) is 11.3 Å². The predicted molar refractivity (Wildman–Crippen MR) is 88.1 cm³/mol. The molecule has 0 saturated carbocycles. The molecule has 5 nitrogen and oxygen atoms in total. The Morgan fingerprint density at radius 1 is 1.12 bits per heavy atom. The lowest BCUT2D eigenvalue weighted by atomic mass is 10.1. The molecular formula is C18H20F3N3O2. The molecule has 0 radical (unpaired) electrons. The van der Waals surface area contributed by atoms with Crippen molar-refractivity contribution in [3.05, 3.63) is 52.2 Å². The normalized spacial score (nSPS) is 16.0. The molecule has 0 atom stereocenters. The maximum atomic E-state index is 13.9. The predicted octanol–water partition coefficient (Wildman–Crippen LogP) is 3.06. The summed E-state index contributed by atoms with van der Waals surface area (Å²) in [5.74, 6) is -4.22. The van der Waals surface area contributed by atoms with E-state index in [-0.39, 0.29) is 0 Å². The van der Waals surface area contributed by atoms with E-state index in [4.69, 9.17) is 4.52 Å². The van der Waals surface area contributed by atoms with Crippen LogP contribution >= 0.6 is 0 Å². The van der Waals surface area contributed by atoms with E-state index in [1.54, 1.807) is 0 Å². The Balaban J connectivity index is 1.69. The van der Waals surface area contributed by atoms with Crippen molar-refractivity contribution in [2.45, 2.75) is 26.8 Å². The van der Waals surface area contributed by atoms with Crippen LogP contribution in [0.4, 0.5) is 13.2 Å². The lowest BCUT2D eigenvalue weighted by Crippen LogP contribution is -2.35. The number of carbonyl (C=O) groups excluding carboxylic acids is 1. The molecule has 0 spiro atoms. The fourth-order valence-electron chi connectivity index (χ4n) is 3.14. The largest absolute Gasteiger partial charge is 0.361 e. The quantitative estimate of drug-likeness (QED) is 0.783. The highest BCUT2D eigenvalue weighted by Crippen LogP contribution is 2.19. The fraction of sp³-hybridized carbons (Fsp3) is 0.444. The van der Waals surface area contributed by atoms with Crippen molar-refractivity contribution in [2.24, 2.45) is 0 Å². The summed E-state index contributed by atoms with van der Waals surface area (Å²) in [6.07, 6.45) is 0.695. The summed E-state index contributed by atoms with van der Waals surface area (Å²) in [4.78, 5) is 16.2. The van der Waals surface area contributed by atoms with E-state index in [1.165, 1.54) is 4.90 Å². The number of halogens is 3. The Morgan fingerprint density at radius 2 is 1.88 bits per heavy atom. The van der Waals surface area contributed by atoms with Gasteiger partial charge in [0.25, 0.3) is 5.91 Å². The van der Waals surface area contributed by atoms with E-state index in [1.807, 2.05) is 13.8 Å². The van der Waals surface area contributed by atoms with Crippen LogP contribution in [-0.2, 0) is 6.54 Å². The molecule has 1 amide bonds. The van der Waals surface area contributed by atoms with Crippen molar-refractivity contribution in [3.63, 3.8) is 0 Å². The number of aryl methyl sites for hydroxylation is 2. The van der Waals surface area contributed by atoms with Crippen molar-refractivity contribution < 1.29 is 22.5 Å². The summed E-state index contributed by atoms with van der Waals surface area (Å²) in [6.45, 7) is 6.54. The molecule has 3 rings (SSSR count). The highest BCUT2D eigenvalue weighted by Gasteiger charge is 2.25. The van der Waals surface area contributed by atoms with Gasteiger partial charge in [-0.1, -0.05) is 5.16 Å². The van der Waals surface area contributed by atoms with E-state index >= 15 is 0 Å². The van der Waals surface area contributed by atoms with Gasteiger partial charge in [0.2, 0.25) is 0 Å². The number of carbonyl (C=O) groups is 1. The molecule has 26 heavy (non-hydrogen) atoms. The summed E-state index contributed by atoms with van der Waals surface area (Å²) in [5, 5.41) is 3.94. The lowest BCUT2D eigenvalue weighted by Gasteiger charge is -2.22. The van der Waals surface area contributed by atoms with E-state index in [0.717, 1.165) is 35.7 Å². The minimum absolute atomic E-state index is 0.376. The van der Waals surface area contributed by atoms with Crippen LogP contribution in [0.25, 0.3) is 0 Å². The molecular weight excluding hydrogens is 347 g/mol. The molecule has 0 aliphatic carbocycles. The first-order valence-corrected chi connectivity index (χ1v) is 8.45. The van der Waals surface area contributed by atoms with E-state index in [0.29, 0.717) is 32.6 Å². The third-order valence-electron chi connectivity index (χ3n) is 4.70. The van der Waals surface area contributed by atoms with Crippen LogP contribution in [0, 0.1) is 31.3 Å². The summed E-state index contributed by atoms with van der Waals surface area (Å²) < 4.78 is 45.5. The maximum absolute atomic E-state index is 13.9. The van der Waals surface area contributed by atoms with Gasteiger partial charge in [0.1, 0.15) is 5.76 Å². The van der Waals surface area contributed by atoms with Gasteiger partial charge < -0.3 is 9.42 Å². The average molecular weight is 367 g/mol. The standard InChI is InChI=1S/C18H20F3N3O2/c1-11-14(12(2)26-22-11)10-23-6-3-7-24(9-8-23)18(25)13-4-5-15(19)17(21)16(13)20/h4-5H,3,6-10H2,1-2H3. The molecule has 8 heteroatoms. The molecule has 1 aromatic heterocycles. The Hall–Kier alpha value is -2.35. The first-order chi connectivity index (χ1) is 12.4. The van der Waals surface area contributed by atoms with E-state index < -0.39 is 28.9 Å². The van der Waals surface area contributed by atoms with Gasteiger partial charge in [-0.3, -0.25) is 9.69 Å². The Bertz CT molecular complexity index is 803. The number of aromatic nitrogens is 1. The second-order valence-corrected chi connectivity index (χ2v) is 6.45. The van der Waals surface area contributed by atoms with Crippen LogP contribution in [-0.4, -0.2) is 47.0 Å². The monoisotopic (exact) mass is 367 g/mol. The number of hydrogen-bond donors (Lipinski definition) is 0. The Morgan fingerprint density at radius 3 is 2.58 bits per heavy atom. The van der Waals surface area contributed by atoms with E-state index in [2.05, 4.69) is 10.1 Å². The van der Waals surface area contributed by atoms with Gasteiger partial charge in [-0.25, -0.2) is 13.2 Å². The van der Waals surface area contributed by atoms with Gasteiger partial charge in [-0.2, -0.15) is 0 Å². The molecule has 1 aliphatic rings. The SMILES string of the molecule is Cc1noc(C)c1CN1CCCN(C(=O)c2ccc(F)c(F)c2F)CC1. The molecule has 1 aromatic carbocycles. The van der Waals surface area contributed by atoms with Crippen LogP contribution in [0.3, 0.4) is 0 Å². The summed E-state index contributed by atoms with van der Waals surface area (Å²) >= 11 is 0. The van der Waals surface area contributed by atoms with Crippen molar-refractivity contribution >= 4 is 5.91 Å². The first-order valence-electron chi connectivity index (χ1n) is 8.45. The summed E-state index contributed by atoms with van der Waals surface area (Å²) in [7, 11) is 0. The number of rotatable bonds is 3. The number of benzene rings is 1. The Labute approximate surface area is 149 Å². The third-order valence-corrected chi connectivity index (χ3v) is 4.70. The second-order valence-electron chi connectivity index (χ2n) is 6.45. The fourth-order valence-corrected chi connectivity index (χ4v) is 3.14. The molecule has 0 unspecified atom stereocenters. The summed E-state index contributed by atoms with van der Waals surface area (Å²) in [5.41, 5.74) is 1.42. The zero-order valence-electron chi connectivity index (χ0n) is 14.7. The maximum Gasteiger partial charge on any atom is 0.256 e. The molecule has 2 heterocycles. The van der Waals surface area contributed by atoms with Crippen molar-refractivity contribution in [1.29, 1.82) is 0 Å². The van der Waals surface area contributed by atoms with E-state index in [9.17, 15) is 18.0 Å². The minimum atomic E-state index is -1.62. The topological polar surface area (TPSA) is 49.6 Å². The smallest absolute Gasteiger partial charge is 0.256 e. The zero-order valence-corrected chi connectivity index (χ0v) is 14.7. The molecule has 0 bridgehead atoms. The highest BCUT2D eigenvalue weighted by molar-refractivity contribution is 5.94. The molecule has 2 aromatic rings. The molecule has 1 fully saturated rings. The second kappa shape index (κ2) is 7.49. The van der Waals surface area contributed by atoms with Crippen LogP contribution < -0.4 is 0 Å². The zero-order chi connectivity index (χ0) is 18.8. The van der Waals surface area contributed by atoms with Gasteiger partial charge in [0, 0.05) is 38.3 Å². The average Bonchev–Trinajstić information content (AvgIpc) is 2.82. The highest BCUT2D eigenvalue weighted by atomic mass is 19.2. The number of hydrogen-bond acceptors (Lipinski definition) is 4. The van der Waals surface area contributed by atoms with Gasteiger partial charge in [-0.15, -0.1) is 0 Å². The number of nitrogens with zero attached hydrogens (tertiary/aromatic N) is 3. The van der Waals surface area contributed by atoms with Crippen molar-refractivity contribution in [3.8, 4) is 0 Å². The van der Waals surface area contributed by atoms with Gasteiger partial charge in [-0.05, 0) is 32.4 Å². The van der Waals surface area contributed by atoms with Crippen molar-refractivity contribution in [2.75, 3.05) is 26.2 Å². The first kappa shape index (κ1) is 18.4. The lowest BCUT2D eigenvalue weighted by molar-refractivity contribution is 0.0755. The molecule has 1 saturated heterocycles. The molecule has 140 valence electrons.